The van der Waals surface area contributed by atoms with Crippen LogP contribution in [0.15, 0.2) is 42.7 Å². The molecule has 0 fully saturated rings. The summed E-state index contributed by atoms with van der Waals surface area (Å²) in [5, 5.41) is 2.25. The number of rotatable bonds is 4. The highest BCUT2D eigenvalue weighted by atomic mass is 19.4. The molecule has 0 bridgehead atoms. The second-order valence-electron chi connectivity index (χ2n) is 4.55. The number of nitrogens with zero attached hydrogens (tertiary/aromatic N) is 1. The summed E-state index contributed by atoms with van der Waals surface area (Å²) in [5.41, 5.74) is -1.15. The van der Waals surface area contributed by atoms with Crippen LogP contribution in [0.4, 0.5) is 23.2 Å². The van der Waals surface area contributed by atoms with Crippen LogP contribution < -0.4 is 5.32 Å². The van der Waals surface area contributed by atoms with Gasteiger partial charge in [-0.15, -0.1) is 0 Å². The summed E-state index contributed by atoms with van der Waals surface area (Å²) in [6.45, 7) is -0.721. The van der Waals surface area contributed by atoms with E-state index in [0.29, 0.717) is 0 Å². The van der Waals surface area contributed by atoms with Crippen LogP contribution >= 0.6 is 0 Å². The van der Waals surface area contributed by atoms with Crippen molar-refractivity contribution in [2.24, 2.45) is 0 Å². The molecule has 1 amide bonds. The molecular formula is C15H10F4N2O3. The number of anilines is 1. The molecule has 0 saturated carbocycles. The van der Waals surface area contributed by atoms with Crippen molar-refractivity contribution >= 4 is 17.6 Å². The van der Waals surface area contributed by atoms with Crippen LogP contribution in [0.3, 0.4) is 0 Å². The Morgan fingerprint density at radius 1 is 1.12 bits per heavy atom. The molecule has 2 rings (SSSR count). The summed E-state index contributed by atoms with van der Waals surface area (Å²) >= 11 is 0. The molecular weight excluding hydrogens is 332 g/mol. The average Bonchev–Trinajstić information content (AvgIpc) is 2.53. The van der Waals surface area contributed by atoms with E-state index in [1.807, 2.05) is 0 Å². The fourth-order valence-electron chi connectivity index (χ4n) is 1.69. The number of aromatic nitrogens is 1. The van der Waals surface area contributed by atoms with Gasteiger partial charge in [0, 0.05) is 11.9 Å². The Kier molecular flexibility index (Phi) is 5.12. The highest BCUT2D eigenvalue weighted by molar-refractivity contribution is 5.95. The molecule has 0 atom stereocenters. The van der Waals surface area contributed by atoms with Crippen molar-refractivity contribution < 1.29 is 31.9 Å². The number of esters is 1. The smallest absolute Gasteiger partial charge is 0.416 e. The van der Waals surface area contributed by atoms with Crippen LogP contribution in [0.5, 0.6) is 0 Å². The lowest BCUT2D eigenvalue weighted by Gasteiger charge is -2.09. The lowest BCUT2D eigenvalue weighted by Crippen LogP contribution is -2.21. The van der Waals surface area contributed by atoms with Crippen LogP contribution in [-0.2, 0) is 15.7 Å². The Morgan fingerprint density at radius 3 is 2.38 bits per heavy atom. The molecule has 0 spiro atoms. The van der Waals surface area contributed by atoms with E-state index in [1.54, 1.807) is 0 Å². The first-order valence-electron chi connectivity index (χ1n) is 6.51. The van der Waals surface area contributed by atoms with Crippen LogP contribution in [0.2, 0.25) is 0 Å². The topological polar surface area (TPSA) is 68.3 Å². The minimum atomic E-state index is -4.48. The number of benzene rings is 1. The molecule has 0 aliphatic heterocycles. The van der Waals surface area contributed by atoms with Gasteiger partial charge in [-0.1, -0.05) is 0 Å². The van der Waals surface area contributed by atoms with Gasteiger partial charge in [0.1, 0.15) is 0 Å². The summed E-state index contributed by atoms with van der Waals surface area (Å²) in [6.07, 6.45) is -2.48. The quantitative estimate of drug-likeness (QED) is 0.685. The number of nitrogens with one attached hydrogen (secondary N) is 1. The normalized spacial score (nSPS) is 11.0. The maximum absolute atomic E-state index is 13.3. The number of alkyl halides is 3. The first-order valence-corrected chi connectivity index (χ1v) is 6.51. The van der Waals surface area contributed by atoms with E-state index in [1.165, 1.54) is 6.20 Å². The minimum absolute atomic E-state index is 0.0964. The summed E-state index contributed by atoms with van der Waals surface area (Å²) in [5.74, 6) is -2.74. The van der Waals surface area contributed by atoms with E-state index in [2.05, 4.69) is 15.0 Å². The van der Waals surface area contributed by atoms with E-state index in [-0.39, 0.29) is 11.3 Å². The van der Waals surface area contributed by atoms with Gasteiger partial charge in [-0.3, -0.25) is 9.78 Å². The van der Waals surface area contributed by atoms with E-state index < -0.39 is 36.0 Å². The van der Waals surface area contributed by atoms with Gasteiger partial charge in [-0.05, 0) is 30.3 Å². The molecule has 0 unspecified atom stereocenters. The maximum Gasteiger partial charge on any atom is 0.416 e. The van der Waals surface area contributed by atoms with Gasteiger partial charge in [-0.2, -0.15) is 13.2 Å². The first kappa shape index (κ1) is 17.4. The Bertz CT molecular complexity index is 745. The highest BCUT2D eigenvalue weighted by Gasteiger charge is 2.30. The third kappa shape index (κ3) is 4.51. The summed E-state index contributed by atoms with van der Waals surface area (Å²) < 4.78 is 55.1. The number of carbonyl (C=O) groups is 2. The largest absolute Gasteiger partial charge is 0.452 e. The first-order chi connectivity index (χ1) is 11.3. The van der Waals surface area contributed by atoms with Crippen molar-refractivity contribution in [2.45, 2.75) is 6.18 Å². The summed E-state index contributed by atoms with van der Waals surface area (Å²) in [6, 6.07) is 4.81. The van der Waals surface area contributed by atoms with Crippen LogP contribution in [0.1, 0.15) is 15.9 Å². The third-order valence-electron chi connectivity index (χ3n) is 2.82. The van der Waals surface area contributed by atoms with Crippen molar-refractivity contribution in [1.82, 2.24) is 4.98 Å². The molecule has 126 valence electrons. The van der Waals surface area contributed by atoms with Gasteiger partial charge in [-0.25, -0.2) is 9.18 Å². The Hall–Kier alpha value is -2.97. The molecule has 0 aliphatic rings. The lowest BCUT2D eigenvalue weighted by atomic mass is 10.2. The molecule has 9 heteroatoms. The molecule has 0 saturated heterocycles. The predicted octanol–water partition coefficient (Wildman–Crippen LogP) is 3.04. The minimum Gasteiger partial charge on any atom is -0.452 e. The molecule has 24 heavy (non-hydrogen) atoms. The van der Waals surface area contributed by atoms with E-state index in [9.17, 15) is 27.2 Å². The second-order valence-corrected chi connectivity index (χ2v) is 4.55. The Morgan fingerprint density at radius 2 is 1.79 bits per heavy atom. The van der Waals surface area contributed by atoms with Crippen molar-refractivity contribution in [2.75, 3.05) is 11.9 Å². The van der Waals surface area contributed by atoms with E-state index in [0.717, 1.165) is 36.5 Å². The number of ether oxygens (including phenoxy) is 1. The van der Waals surface area contributed by atoms with Gasteiger partial charge in [0.25, 0.3) is 5.91 Å². The summed E-state index contributed by atoms with van der Waals surface area (Å²) in [7, 11) is 0. The number of carbonyl (C=O) groups excluding carboxylic acids is 2. The summed E-state index contributed by atoms with van der Waals surface area (Å²) in [4.78, 5) is 26.6. The van der Waals surface area contributed by atoms with Crippen molar-refractivity contribution in [1.29, 1.82) is 0 Å². The van der Waals surface area contributed by atoms with Gasteiger partial charge in [0.05, 0.1) is 17.3 Å². The van der Waals surface area contributed by atoms with Crippen LogP contribution in [0, 0.1) is 5.82 Å². The second kappa shape index (κ2) is 7.07. The van der Waals surface area contributed by atoms with Crippen molar-refractivity contribution in [3.63, 3.8) is 0 Å². The highest BCUT2D eigenvalue weighted by Crippen LogP contribution is 2.29. The van der Waals surface area contributed by atoms with Crippen LogP contribution in [0.25, 0.3) is 0 Å². The van der Waals surface area contributed by atoms with Gasteiger partial charge < -0.3 is 10.1 Å². The zero-order valence-corrected chi connectivity index (χ0v) is 11.9. The number of amides is 1. The Labute approximate surface area is 133 Å². The molecule has 1 aromatic carbocycles. The molecule has 0 radical (unpaired) electrons. The van der Waals surface area contributed by atoms with Crippen molar-refractivity contribution in [3.05, 3.63) is 59.7 Å². The van der Waals surface area contributed by atoms with E-state index >= 15 is 0 Å². The fourth-order valence-corrected chi connectivity index (χ4v) is 1.69. The molecule has 1 heterocycles. The maximum atomic E-state index is 13.3. The zero-order chi connectivity index (χ0) is 17.7. The fraction of sp³-hybridized carbons (Fsp3) is 0.133. The van der Waals surface area contributed by atoms with E-state index in [4.69, 9.17) is 0 Å². The SMILES string of the molecule is O=C(COC(=O)c1ccncc1F)Nc1ccc(C(F)(F)F)cc1. The van der Waals surface area contributed by atoms with Crippen LogP contribution in [-0.4, -0.2) is 23.5 Å². The lowest BCUT2D eigenvalue weighted by molar-refractivity contribution is -0.137. The third-order valence-corrected chi connectivity index (χ3v) is 2.82. The average molecular weight is 342 g/mol. The monoisotopic (exact) mass is 342 g/mol. The molecule has 0 aliphatic carbocycles. The zero-order valence-electron chi connectivity index (χ0n) is 11.9. The van der Waals surface area contributed by atoms with Crippen molar-refractivity contribution in [3.8, 4) is 0 Å². The van der Waals surface area contributed by atoms with Gasteiger partial charge in [0.15, 0.2) is 12.4 Å². The molecule has 2 aromatic rings. The molecule has 1 N–H and O–H groups in total. The number of halogens is 4. The number of hydrogen-bond acceptors (Lipinski definition) is 4. The molecule has 5 nitrogen and oxygen atoms in total. The number of pyridine rings is 1. The molecule has 1 aromatic heterocycles. The Balaban J connectivity index is 1.90. The van der Waals surface area contributed by atoms with Gasteiger partial charge in [0.2, 0.25) is 0 Å². The van der Waals surface area contributed by atoms with Gasteiger partial charge >= 0.3 is 12.1 Å². The predicted molar refractivity (Wildman–Crippen MR) is 74.6 cm³/mol. The standard InChI is InChI=1S/C15H10F4N2O3/c16-12-7-20-6-5-11(12)14(23)24-8-13(22)21-10-3-1-9(2-4-10)15(17,18)19/h1-7H,8H2,(H,21,22). The number of hydrogen-bond donors (Lipinski definition) is 1.